The van der Waals surface area contributed by atoms with Crippen molar-refractivity contribution in [2.24, 2.45) is 5.10 Å². The van der Waals surface area contributed by atoms with Gasteiger partial charge in [0.1, 0.15) is 0 Å². The Labute approximate surface area is 185 Å². The predicted molar refractivity (Wildman–Crippen MR) is 122 cm³/mol. The van der Waals surface area contributed by atoms with E-state index in [1.54, 1.807) is 20.3 Å². The molecule has 0 radical (unpaired) electrons. The lowest BCUT2D eigenvalue weighted by Crippen LogP contribution is -2.21. The van der Waals surface area contributed by atoms with Gasteiger partial charge in [0.05, 0.1) is 25.7 Å². The van der Waals surface area contributed by atoms with Crippen molar-refractivity contribution < 1.29 is 14.3 Å². The number of carbonyl (C=O) groups excluding carboxylic acids is 1. The van der Waals surface area contributed by atoms with Crippen LogP contribution in [-0.2, 0) is 11.3 Å². The maximum absolute atomic E-state index is 12.3. The molecular weight excluding hydrogens is 414 g/mol. The Bertz CT molecular complexity index is 1070. The number of hydrazone groups is 1. The molecule has 3 aromatic rings. The molecule has 1 amide bonds. The Morgan fingerprint density at radius 3 is 2.52 bits per heavy atom. The van der Waals surface area contributed by atoms with Crippen molar-refractivity contribution in [1.82, 2.24) is 20.2 Å². The average molecular weight is 440 g/mol. The molecule has 3 rings (SSSR count). The minimum absolute atomic E-state index is 0.176. The van der Waals surface area contributed by atoms with E-state index in [4.69, 9.17) is 9.47 Å². The van der Waals surface area contributed by atoms with Gasteiger partial charge < -0.3 is 14.0 Å². The summed E-state index contributed by atoms with van der Waals surface area (Å²) in [6.07, 6.45) is 0. The van der Waals surface area contributed by atoms with Crippen LogP contribution >= 0.6 is 11.8 Å². The number of hydrogen-bond donors (Lipinski definition) is 1. The number of amides is 1. The standard InChI is InChI=1S/C22H25N5O3S/c1-5-27-21(16-9-7-6-8-10-16)25-26-22(27)31-14-20(28)24-23-15(2)17-11-12-18(29-3)19(13-17)30-4/h6-13H,5,14H2,1-4H3,(H,24,28)/b23-15+. The lowest BCUT2D eigenvalue weighted by molar-refractivity contribution is -0.118. The van der Waals surface area contributed by atoms with Gasteiger partial charge in [-0.05, 0) is 32.0 Å². The maximum Gasteiger partial charge on any atom is 0.250 e. The van der Waals surface area contributed by atoms with Crippen LogP contribution in [0.2, 0.25) is 0 Å². The third-order valence-corrected chi connectivity index (χ3v) is 5.51. The van der Waals surface area contributed by atoms with Crippen molar-refractivity contribution in [3.63, 3.8) is 0 Å². The van der Waals surface area contributed by atoms with E-state index in [2.05, 4.69) is 20.7 Å². The Morgan fingerprint density at radius 1 is 1.10 bits per heavy atom. The Balaban J connectivity index is 1.62. The zero-order valence-corrected chi connectivity index (χ0v) is 18.8. The largest absolute Gasteiger partial charge is 0.493 e. The van der Waals surface area contributed by atoms with Crippen molar-refractivity contribution in [2.45, 2.75) is 25.5 Å². The highest BCUT2D eigenvalue weighted by molar-refractivity contribution is 7.99. The number of methoxy groups -OCH3 is 2. The van der Waals surface area contributed by atoms with Crippen LogP contribution < -0.4 is 14.9 Å². The summed E-state index contributed by atoms with van der Waals surface area (Å²) in [6, 6.07) is 15.3. The molecule has 2 aromatic carbocycles. The second-order valence-electron chi connectivity index (χ2n) is 6.51. The summed E-state index contributed by atoms with van der Waals surface area (Å²) in [6.45, 7) is 4.54. The molecule has 0 aliphatic carbocycles. The fraction of sp³-hybridized carbons (Fsp3) is 0.273. The van der Waals surface area contributed by atoms with E-state index in [1.165, 1.54) is 11.8 Å². The summed E-state index contributed by atoms with van der Waals surface area (Å²) in [4.78, 5) is 12.3. The highest BCUT2D eigenvalue weighted by atomic mass is 32.2. The summed E-state index contributed by atoms with van der Waals surface area (Å²) in [5.74, 6) is 1.97. The molecule has 1 heterocycles. The van der Waals surface area contributed by atoms with Crippen LogP contribution in [-0.4, -0.2) is 46.4 Å². The molecule has 9 heteroatoms. The zero-order valence-electron chi connectivity index (χ0n) is 18.0. The third kappa shape index (κ3) is 5.43. The van der Waals surface area contributed by atoms with Gasteiger partial charge in [0.25, 0.3) is 5.91 Å². The van der Waals surface area contributed by atoms with Crippen LogP contribution in [0.25, 0.3) is 11.4 Å². The number of aromatic nitrogens is 3. The number of carbonyl (C=O) groups is 1. The van der Waals surface area contributed by atoms with Crippen LogP contribution in [0.5, 0.6) is 11.5 Å². The number of benzene rings is 2. The van der Waals surface area contributed by atoms with E-state index in [0.29, 0.717) is 28.9 Å². The van der Waals surface area contributed by atoms with Crippen LogP contribution in [0.1, 0.15) is 19.4 Å². The quantitative estimate of drug-likeness (QED) is 0.311. The zero-order chi connectivity index (χ0) is 22.2. The Hall–Kier alpha value is -3.33. The molecule has 0 fully saturated rings. The van der Waals surface area contributed by atoms with Crippen molar-refractivity contribution in [1.29, 1.82) is 0 Å². The van der Waals surface area contributed by atoms with E-state index in [-0.39, 0.29) is 11.7 Å². The molecule has 0 unspecified atom stereocenters. The van der Waals surface area contributed by atoms with Crippen molar-refractivity contribution in [3.05, 3.63) is 54.1 Å². The first-order valence-corrected chi connectivity index (χ1v) is 10.7. The molecule has 0 spiro atoms. The number of rotatable bonds is 9. The number of ether oxygens (including phenoxy) is 2. The van der Waals surface area contributed by atoms with Gasteiger partial charge in [0, 0.05) is 17.7 Å². The van der Waals surface area contributed by atoms with E-state index in [1.807, 2.05) is 60.9 Å². The second-order valence-corrected chi connectivity index (χ2v) is 7.45. The second kappa shape index (κ2) is 10.6. The lowest BCUT2D eigenvalue weighted by atomic mass is 10.1. The SMILES string of the molecule is CCn1c(SCC(=O)N/N=C(\C)c2ccc(OC)c(OC)c2)nnc1-c1ccccc1. The van der Waals surface area contributed by atoms with Gasteiger partial charge in [-0.15, -0.1) is 10.2 Å². The van der Waals surface area contributed by atoms with Crippen LogP contribution in [0.4, 0.5) is 0 Å². The van der Waals surface area contributed by atoms with Gasteiger partial charge in [-0.2, -0.15) is 5.10 Å². The van der Waals surface area contributed by atoms with Gasteiger partial charge in [-0.1, -0.05) is 42.1 Å². The summed E-state index contributed by atoms with van der Waals surface area (Å²) >= 11 is 1.33. The predicted octanol–water partition coefficient (Wildman–Crippen LogP) is 3.61. The number of nitrogens with one attached hydrogen (secondary N) is 1. The molecule has 0 saturated heterocycles. The van der Waals surface area contributed by atoms with Gasteiger partial charge in [0.15, 0.2) is 22.5 Å². The fourth-order valence-electron chi connectivity index (χ4n) is 2.92. The molecular formula is C22H25N5O3S. The van der Waals surface area contributed by atoms with Gasteiger partial charge in [-0.3, -0.25) is 4.79 Å². The topological polar surface area (TPSA) is 90.6 Å². The summed E-state index contributed by atoms with van der Waals surface area (Å²) in [5, 5.41) is 13.4. The molecule has 0 bridgehead atoms. The molecule has 0 saturated carbocycles. The highest BCUT2D eigenvalue weighted by Crippen LogP contribution is 2.28. The van der Waals surface area contributed by atoms with E-state index >= 15 is 0 Å². The first-order chi connectivity index (χ1) is 15.1. The number of hydrogen-bond acceptors (Lipinski definition) is 7. The van der Waals surface area contributed by atoms with E-state index in [0.717, 1.165) is 17.0 Å². The summed E-state index contributed by atoms with van der Waals surface area (Å²) < 4.78 is 12.5. The molecule has 162 valence electrons. The van der Waals surface area contributed by atoms with Gasteiger partial charge >= 0.3 is 0 Å². The molecule has 0 aliphatic heterocycles. The molecule has 1 N–H and O–H groups in total. The van der Waals surface area contributed by atoms with Crippen LogP contribution in [0, 0.1) is 0 Å². The normalized spacial score (nSPS) is 11.3. The van der Waals surface area contributed by atoms with Gasteiger partial charge in [0.2, 0.25) is 0 Å². The molecule has 0 atom stereocenters. The lowest BCUT2D eigenvalue weighted by Gasteiger charge is -2.09. The molecule has 0 aliphatic rings. The maximum atomic E-state index is 12.3. The fourth-order valence-corrected chi connectivity index (χ4v) is 3.71. The van der Waals surface area contributed by atoms with Crippen LogP contribution in [0.15, 0.2) is 58.8 Å². The first kappa shape index (κ1) is 22.4. The molecule has 8 nitrogen and oxygen atoms in total. The smallest absolute Gasteiger partial charge is 0.250 e. The third-order valence-electron chi connectivity index (χ3n) is 4.55. The van der Waals surface area contributed by atoms with Crippen LogP contribution in [0.3, 0.4) is 0 Å². The highest BCUT2D eigenvalue weighted by Gasteiger charge is 2.14. The number of nitrogens with zero attached hydrogens (tertiary/aromatic N) is 4. The van der Waals surface area contributed by atoms with Crippen molar-refractivity contribution in [2.75, 3.05) is 20.0 Å². The Kier molecular flexibility index (Phi) is 7.66. The van der Waals surface area contributed by atoms with Crippen molar-refractivity contribution in [3.8, 4) is 22.9 Å². The minimum atomic E-state index is -0.225. The Morgan fingerprint density at radius 2 is 1.84 bits per heavy atom. The molecule has 1 aromatic heterocycles. The summed E-state index contributed by atoms with van der Waals surface area (Å²) in [5.41, 5.74) is 5.06. The minimum Gasteiger partial charge on any atom is -0.493 e. The monoisotopic (exact) mass is 439 g/mol. The van der Waals surface area contributed by atoms with E-state index in [9.17, 15) is 4.79 Å². The van der Waals surface area contributed by atoms with E-state index < -0.39 is 0 Å². The summed E-state index contributed by atoms with van der Waals surface area (Å²) in [7, 11) is 3.16. The first-order valence-electron chi connectivity index (χ1n) is 9.74. The average Bonchev–Trinajstić information content (AvgIpc) is 3.24. The van der Waals surface area contributed by atoms with Gasteiger partial charge in [-0.25, -0.2) is 5.43 Å². The number of thioether (sulfide) groups is 1. The molecule has 31 heavy (non-hydrogen) atoms. The van der Waals surface area contributed by atoms with Crippen molar-refractivity contribution >= 4 is 23.4 Å².